The summed E-state index contributed by atoms with van der Waals surface area (Å²) in [5.41, 5.74) is 1.42. The van der Waals surface area contributed by atoms with E-state index in [1.807, 2.05) is 0 Å². The van der Waals surface area contributed by atoms with Gasteiger partial charge in [-0.25, -0.2) is 9.97 Å². The van der Waals surface area contributed by atoms with Crippen molar-refractivity contribution in [3.63, 3.8) is 0 Å². The van der Waals surface area contributed by atoms with Crippen LogP contribution in [0.1, 0.15) is 25.1 Å². The van der Waals surface area contributed by atoms with Crippen molar-refractivity contribution < 1.29 is 4.79 Å². The minimum absolute atomic E-state index is 0.0400. The van der Waals surface area contributed by atoms with Gasteiger partial charge in [0.25, 0.3) is 0 Å². The molecule has 0 atom stereocenters. The number of amides is 1. The highest BCUT2D eigenvalue weighted by Crippen LogP contribution is 2.29. The van der Waals surface area contributed by atoms with Crippen LogP contribution in [-0.4, -0.2) is 15.9 Å². The summed E-state index contributed by atoms with van der Waals surface area (Å²) >= 11 is 18.0. The predicted molar refractivity (Wildman–Crippen MR) is 94.4 cm³/mol. The van der Waals surface area contributed by atoms with E-state index in [1.54, 1.807) is 18.2 Å². The van der Waals surface area contributed by atoms with Crippen molar-refractivity contribution in [2.75, 3.05) is 5.32 Å². The topological polar surface area (TPSA) is 54.9 Å². The molecule has 1 aromatic heterocycles. The molecule has 0 aliphatic rings. The zero-order chi connectivity index (χ0) is 17.0. The van der Waals surface area contributed by atoms with Gasteiger partial charge in [0.05, 0.1) is 6.42 Å². The molecule has 0 aliphatic carbocycles. The lowest BCUT2D eigenvalue weighted by Crippen LogP contribution is -2.16. The van der Waals surface area contributed by atoms with Crippen LogP contribution in [0.4, 0.5) is 5.82 Å². The first kappa shape index (κ1) is 18.0. The first-order valence-electron chi connectivity index (χ1n) is 7.09. The van der Waals surface area contributed by atoms with Crippen molar-refractivity contribution in [3.05, 3.63) is 50.9 Å². The van der Waals surface area contributed by atoms with Gasteiger partial charge < -0.3 is 5.32 Å². The highest BCUT2D eigenvalue weighted by molar-refractivity contribution is 6.39. The summed E-state index contributed by atoms with van der Waals surface area (Å²) in [7, 11) is 0. The molecule has 2 aromatic rings. The lowest BCUT2D eigenvalue weighted by atomic mass is 10.1. The number of anilines is 1. The quantitative estimate of drug-likeness (QED) is 0.819. The van der Waals surface area contributed by atoms with Crippen molar-refractivity contribution >= 4 is 46.5 Å². The van der Waals surface area contributed by atoms with Gasteiger partial charge in [-0.1, -0.05) is 48.7 Å². The van der Waals surface area contributed by atoms with E-state index < -0.39 is 0 Å². The van der Waals surface area contributed by atoms with Gasteiger partial charge >= 0.3 is 0 Å². The third-order valence-electron chi connectivity index (χ3n) is 3.05. The van der Waals surface area contributed by atoms with E-state index in [1.165, 1.54) is 6.33 Å². The highest BCUT2D eigenvalue weighted by Gasteiger charge is 2.13. The summed E-state index contributed by atoms with van der Waals surface area (Å²) in [6, 6.07) is 4.88. The van der Waals surface area contributed by atoms with Crippen molar-refractivity contribution in [2.24, 2.45) is 5.92 Å². The molecule has 0 saturated carbocycles. The number of aromatic nitrogens is 2. The maximum absolute atomic E-state index is 12.2. The summed E-state index contributed by atoms with van der Waals surface area (Å²) in [6.07, 6.45) is 2.30. The molecule has 7 heteroatoms. The highest BCUT2D eigenvalue weighted by atomic mass is 35.5. The average Bonchev–Trinajstić information content (AvgIpc) is 2.42. The van der Waals surface area contributed by atoms with Crippen molar-refractivity contribution in [2.45, 2.75) is 26.7 Å². The van der Waals surface area contributed by atoms with E-state index in [0.717, 1.165) is 12.1 Å². The second kappa shape index (κ2) is 7.95. The Labute approximate surface area is 150 Å². The lowest BCUT2D eigenvalue weighted by Gasteiger charge is -2.09. The van der Waals surface area contributed by atoms with Crippen LogP contribution >= 0.6 is 34.8 Å². The molecule has 1 amide bonds. The monoisotopic (exact) mass is 371 g/mol. The van der Waals surface area contributed by atoms with Gasteiger partial charge in [-0.2, -0.15) is 0 Å². The van der Waals surface area contributed by atoms with Crippen molar-refractivity contribution in [1.29, 1.82) is 0 Å². The molecular formula is C16H16Cl3N3O. The summed E-state index contributed by atoms with van der Waals surface area (Å²) in [5, 5.41) is 3.89. The van der Waals surface area contributed by atoms with Crippen LogP contribution in [0.5, 0.6) is 0 Å². The second-order valence-corrected chi connectivity index (χ2v) is 6.82. The largest absolute Gasteiger partial charge is 0.310 e. The number of hydrogen-bond donors (Lipinski definition) is 1. The SMILES string of the molecule is CC(C)Cc1cc(NC(=O)Cc2c(Cl)cc(Cl)cc2Cl)ncn1. The minimum atomic E-state index is -0.259. The number of rotatable bonds is 5. The molecule has 23 heavy (non-hydrogen) atoms. The number of nitrogens with one attached hydrogen (secondary N) is 1. The molecule has 0 aliphatic heterocycles. The molecule has 0 saturated heterocycles. The van der Waals surface area contributed by atoms with Gasteiger partial charge in [-0.15, -0.1) is 0 Å². The maximum atomic E-state index is 12.2. The van der Waals surface area contributed by atoms with E-state index in [9.17, 15) is 4.79 Å². The molecule has 0 spiro atoms. The standard InChI is InChI=1S/C16H16Cl3N3O/c1-9(2)3-11-6-15(21-8-20-11)22-16(23)7-12-13(18)4-10(17)5-14(12)19/h4-6,8-9H,3,7H2,1-2H3,(H,20,21,22,23). The Hall–Kier alpha value is -1.36. The Morgan fingerprint density at radius 3 is 2.39 bits per heavy atom. The Bertz CT molecular complexity index is 696. The van der Waals surface area contributed by atoms with Crippen molar-refractivity contribution in [1.82, 2.24) is 9.97 Å². The van der Waals surface area contributed by atoms with Crippen LogP contribution in [0.25, 0.3) is 0 Å². The molecule has 1 heterocycles. The fourth-order valence-corrected chi connectivity index (χ4v) is 3.04. The first-order valence-corrected chi connectivity index (χ1v) is 8.22. The summed E-state index contributed by atoms with van der Waals surface area (Å²) in [5.74, 6) is 0.673. The molecule has 4 nitrogen and oxygen atoms in total. The number of nitrogens with zero attached hydrogens (tertiary/aromatic N) is 2. The van der Waals surface area contributed by atoms with E-state index in [-0.39, 0.29) is 12.3 Å². The number of carbonyl (C=O) groups excluding carboxylic acids is 1. The number of hydrogen-bond acceptors (Lipinski definition) is 3. The number of carbonyl (C=O) groups is 1. The zero-order valence-corrected chi connectivity index (χ0v) is 15.0. The molecular weight excluding hydrogens is 357 g/mol. The third-order valence-corrected chi connectivity index (χ3v) is 3.94. The summed E-state index contributed by atoms with van der Waals surface area (Å²) in [4.78, 5) is 20.4. The van der Waals surface area contributed by atoms with Gasteiger partial charge in [0, 0.05) is 26.8 Å². The Morgan fingerprint density at radius 2 is 1.78 bits per heavy atom. The van der Waals surface area contributed by atoms with E-state index >= 15 is 0 Å². The fourth-order valence-electron chi connectivity index (χ4n) is 2.08. The van der Waals surface area contributed by atoms with E-state index in [2.05, 4.69) is 29.1 Å². The van der Waals surface area contributed by atoms with Crippen LogP contribution in [0, 0.1) is 5.92 Å². The first-order chi connectivity index (χ1) is 10.8. The molecule has 0 bridgehead atoms. The van der Waals surface area contributed by atoms with Crippen LogP contribution < -0.4 is 5.32 Å². The number of benzene rings is 1. The van der Waals surface area contributed by atoms with Gasteiger partial charge in [0.2, 0.25) is 5.91 Å². The van der Waals surface area contributed by atoms with E-state index in [0.29, 0.717) is 32.4 Å². The molecule has 122 valence electrons. The van der Waals surface area contributed by atoms with Gasteiger partial charge in [-0.3, -0.25) is 4.79 Å². The minimum Gasteiger partial charge on any atom is -0.310 e. The van der Waals surface area contributed by atoms with Crippen LogP contribution in [-0.2, 0) is 17.6 Å². The van der Waals surface area contributed by atoms with Crippen LogP contribution in [0.3, 0.4) is 0 Å². The normalized spacial score (nSPS) is 10.9. The van der Waals surface area contributed by atoms with Crippen LogP contribution in [0.15, 0.2) is 24.5 Å². The Kier molecular flexibility index (Phi) is 6.22. The number of halogens is 3. The molecule has 0 radical (unpaired) electrons. The summed E-state index contributed by atoms with van der Waals surface area (Å²) in [6.45, 7) is 4.20. The zero-order valence-electron chi connectivity index (χ0n) is 12.7. The average molecular weight is 373 g/mol. The maximum Gasteiger partial charge on any atom is 0.230 e. The van der Waals surface area contributed by atoms with Gasteiger partial charge in [0.15, 0.2) is 0 Å². The Balaban J connectivity index is 2.08. The lowest BCUT2D eigenvalue weighted by molar-refractivity contribution is -0.115. The third kappa shape index (κ3) is 5.34. The smallest absolute Gasteiger partial charge is 0.230 e. The van der Waals surface area contributed by atoms with Crippen LogP contribution in [0.2, 0.25) is 15.1 Å². The molecule has 2 rings (SSSR count). The summed E-state index contributed by atoms with van der Waals surface area (Å²) < 4.78 is 0. The predicted octanol–water partition coefficient (Wildman–Crippen LogP) is 4.82. The molecule has 0 unspecified atom stereocenters. The molecule has 0 fully saturated rings. The van der Waals surface area contributed by atoms with Gasteiger partial charge in [-0.05, 0) is 30.0 Å². The van der Waals surface area contributed by atoms with Crippen molar-refractivity contribution in [3.8, 4) is 0 Å². The van der Waals surface area contributed by atoms with E-state index in [4.69, 9.17) is 34.8 Å². The molecule has 1 N–H and O–H groups in total. The fraction of sp³-hybridized carbons (Fsp3) is 0.312. The van der Waals surface area contributed by atoms with Gasteiger partial charge in [0.1, 0.15) is 12.1 Å². The Morgan fingerprint density at radius 1 is 1.13 bits per heavy atom. The molecule has 1 aromatic carbocycles. The second-order valence-electron chi connectivity index (χ2n) is 5.57.